The van der Waals surface area contributed by atoms with Gasteiger partial charge in [-0.05, 0) is 56.4 Å². The van der Waals surface area contributed by atoms with E-state index in [-0.39, 0.29) is 49.9 Å². The Kier molecular flexibility index (Phi) is 8.84. The van der Waals surface area contributed by atoms with Gasteiger partial charge in [-0.2, -0.15) is 0 Å². The molecular weight excluding hydrogens is 566 g/mol. The highest BCUT2D eigenvalue weighted by Crippen LogP contribution is 2.65. The van der Waals surface area contributed by atoms with Crippen molar-refractivity contribution in [2.45, 2.75) is 50.4 Å². The van der Waals surface area contributed by atoms with Crippen molar-refractivity contribution in [2.24, 2.45) is 17.8 Å². The van der Waals surface area contributed by atoms with Crippen LogP contribution in [0.3, 0.4) is 0 Å². The number of carbonyl (C=O) groups excluding carboxylic acids is 3. The van der Waals surface area contributed by atoms with Gasteiger partial charge >= 0.3 is 0 Å². The molecule has 3 amide bonds. The molecule has 228 valence electrons. The molecule has 0 saturated carbocycles. The molecule has 1 N–H and O–H groups in total. The standard InChI is InChI=1S/C34H40ClN3O5/c1-5-18-36(24-14-8-7-9-15-24)30(40)27-28-31(41)38(20-12-13-21-39)29(34(28)22-23(3)33(27,4)43-34)32(42)37(19-6-2)26-17-11-10-16-25(26)35/h5-11,14-17,23,27-29,39H,1-2,12-13,18-22H2,3-4H3/t23?,27-,28+,29?,33+,34?/m1/s1. The molecule has 3 aliphatic rings. The summed E-state index contributed by atoms with van der Waals surface area (Å²) in [5, 5.41) is 9.90. The predicted molar refractivity (Wildman–Crippen MR) is 168 cm³/mol. The number of benzene rings is 2. The molecule has 0 aliphatic carbocycles. The van der Waals surface area contributed by atoms with E-state index in [1.54, 1.807) is 51.1 Å². The van der Waals surface area contributed by atoms with Crippen molar-refractivity contribution >= 4 is 40.7 Å². The zero-order valence-corrected chi connectivity index (χ0v) is 25.6. The number of rotatable bonds is 12. The van der Waals surface area contributed by atoms with Crippen LogP contribution in [0.2, 0.25) is 5.02 Å². The van der Waals surface area contributed by atoms with Crippen molar-refractivity contribution in [3.8, 4) is 0 Å². The maximum atomic E-state index is 14.7. The average Bonchev–Trinajstić information content (AvgIpc) is 3.51. The van der Waals surface area contributed by atoms with Gasteiger partial charge in [-0.15, -0.1) is 13.2 Å². The highest BCUT2D eigenvalue weighted by atomic mass is 35.5. The Balaban J connectivity index is 1.62. The van der Waals surface area contributed by atoms with Crippen LogP contribution in [0.5, 0.6) is 0 Å². The zero-order valence-electron chi connectivity index (χ0n) is 24.8. The van der Waals surface area contributed by atoms with Gasteiger partial charge in [0.05, 0.1) is 28.1 Å². The molecule has 2 bridgehead atoms. The van der Waals surface area contributed by atoms with Crippen molar-refractivity contribution in [3.05, 3.63) is 84.9 Å². The minimum absolute atomic E-state index is 0.0300. The number of carbonyl (C=O) groups is 3. The van der Waals surface area contributed by atoms with Gasteiger partial charge in [-0.1, -0.05) is 61.0 Å². The van der Waals surface area contributed by atoms with Crippen molar-refractivity contribution in [2.75, 3.05) is 36.0 Å². The molecular formula is C34H40ClN3O5. The van der Waals surface area contributed by atoms with Crippen LogP contribution in [-0.2, 0) is 19.1 Å². The fourth-order valence-corrected chi connectivity index (χ4v) is 7.75. The molecule has 2 aromatic rings. The van der Waals surface area contributed by atoms with Gasteiger partial charge in [-0.3, -0.25) is 14.4 Å². The second-order valence-electron chi connectivity index (χ2n) is 11.9. The molecule has 0 aromatic heterocycles. The summed E-state index contributed by atoms with van der Waals surface area (Å²) in [5.41, 5.74) is -0.958. The first-order valence-electron chi connectivity index (χ1n) is 14.9. The Morgan fingerprint density at radius 1 is 1.05 bits per heavy atom. The number of unbranched alkanes of at least 4 members (excludes halogenated alkanes) is 1. The number of aliphatic hydroxyl groups excluding tert-OH is 1. The predicted octanol–water partition coefficient (Wildman–Crippen LogP) is 4.86. The summed E-state index contributed by atoms with van der Waals surface area (Å²) in [6.07, 6.45) is 4.72. The Labute approximate surface area is 258 Å². The number of para-hydroxylation sites is 2. The Hall–Kier alpha value is -3.46. The summed E-state index contributed by atoms with van der Waals surface area (Å²) in [5.74, 6) is -2.59. The number of nitrogens with zero attached hydrogens (tertiary/aromatic N) is 3. The molecule has 6 atom stereocenters. The number of ether oxygens (including phenoxy) is 1. The van der Waals surface area contributed by atoms with E-state index in [0.29, 0.717) is 35.7 Å². The number of hydrogen-bond acceptors (Lipinski definition) is 5. The topological polar surface area (TPSA) is 90.4 Å². The number of likely N-dealkylation sites (tertiary alicyclic amines) is 1. The monoisotopic (exact) mass is 605 g/mol. The molecule has 3 saturated heterocycles. The van der Waals surface area contributed by atoms with E-state index in [1.165, 1.54) is 0 Å². The van der Waals surface area contributed by atoms with Crippen LogP contribution in [0.25, 0.3) is 0 Å². The molecule has 3 aliphatic heterocycles. The number of halogens is 1. The first-order chi connectivity index (χ1) is 20.7. The van der Waals surface area contributed by atoms with Crippen LogP contribution in [0, 0.1) is 17.8 Å². The van der Waals surface area contributed by atoms with E-state index in [1.807, 2.05) is 44.2 Å². The highest BCUT2D eigenvalue weighted by molar-refractivity contribution is 6.34. The van der Waals surface area contributed by atoms with Gasteiger partial charge in [0.1, 0.15) is 11.6 Å². The van der Waals surface area contributed by atoms with Gasteiger partial charge in [0.25, 0.3) is 5.91 Å². The SMILES string of the molecule is C=CCN(C(=O)[C@H]1[C@H]2C(=O)N(CCCCO)C(C(=O)N(CC=C)c3ccccc3Cl)C23CC(C)[C@]1(C)O3)c1ccccc1. The molecule has 8 nitrogen and oxygen atoms in total. The van der Waals surface area contributed by atoms with E-state index in [4.69, 9.17) is 16.3 Å². The average molecular weight is 606 g/mol. The third kappa shape index (κ3) is 4.99. The third-order valence-electron chi connectivity index (χ3n) is 9.49. The lowest BCUT2D eigenvalue weighted by atomic mass is 9.62. The fourth-order valence-electron chi connectivity index (χ4n) is 7.51. The van der Waals surface area contributed by atoms with Gasteiger partial charge in [0, 0.05) is 31.9 Å². The third-order valence-corrected chi connectivity index (χ3v) is 9.81. The number of anilines is 2. The summed E-state index contributed by atoms with van der Waals surface area (Å²) in [7, 11) is 0. The van der Waals surface area contributed by atoms with E-state index < -0.39 is 29.1 Å². The van der Waals surface area contributed by atoms with Gasteiger partial charge in [0.2, 0.25) is 11.8 Å². The van der Waals surface area contributed by atoms with Gasteiger partial charge in [-0.25, -0.2) is 0 Å². The lowest BCUT2D eigenvalue weighted by Gasteiger charge is -2.39. The summed E-state index contributed by atoms with van der Waals surface area (Å²) in [6.45, 7) is 12.3. The molecule has 9 heteroatoms. The van der Waals surface area contributed by atoms with Crippen LogP contribution in [0.15, 0.2) is 79.9 Å². The molecule has 43 heavy (non-hydrogen) atoms. The molecule has 3 unspecified atom stereocenters. The molecule has 1 spiro atoms. The van der Waals surface area contributed by atoms with Crippen LogP contribution in [-0.4, -0.2) is 71.2 Å². The molecule has 0 radical (unpaired) electrons. The largest absolute Gasteiger partial charge is 0.396 e. The van der Waals surface area contributed by atoms with E-state index in [9.17, 15) is 19.5 Å². The minimum Gasteiger partial charge on any atom is -0.396 e. The number of aliphatic hydroxyl groups is 1. The van der Waals surface area contributed by atoms with E-state index in [2.05, 4.69) is 13.2 Å². The molecule has 2 aromatic carbocycles. The first kappa shape index (κ1) is 31.0. The molecule has 5 rings (SSSR count). The summed E-state index contributed by atoms with van der Waals surface area (Å²) < 4.78 is 6.93. The van der Waals surface area contributed by atoms with Crippen molar-refractivity contribution in [1.82, 2.24) is 4.90 Å². The second kappa shape index (κ2) is 12.3. The molecule has 3 fully saturated rings. The zero-order chi connectivity index (χ0) is 30.9. The van der Waals surface area contributed by atoms with Crippen LogP contribution >= 0.6 is 11.6 Å². The van der Waals surface area contributed by atoms with E-state index >= 15 is 0 Å². The maximum Gasteiger partial charge on any atom is 0.253 e. The Morgan fingerprint density at radius 3 is 2.35 bits per heavy atom. The first-order valence-corrected chi connectivity index (χ1v) is 15.3. The number of hydrogen-bond donors (Lipinski definition) is 1. The number of amides is 3. The van der Waals surface area contributed by atoms with E-state index in [0.717, 1.165) is 0 Å². The summed E-state index contributed by atoms with van der Waals surface area (Å²) in [6, 6.07) is 15.4. The lowest BCUT2D eigenvalue weighted by Crippen LogP contribution is -2.57. The van der Waals surface area contributed by atoms with Gasteiger partial charge in [0.15, 0.2) is 0 Å². The Morgan fingerprint density at radius 2 is 1.70 bits per heavy atom. The van der Waals surface area contributed by atoms with Gasteiger partial charge < -0.3 is 24.5 Å². The van der Waals surface area contributed by atoms with Crippen LogP contribution < -0.4 is 9.80 Å². The fraction of sp³-hybridized carbons (Fsp3) is 0.441. The lowest BCUT2D eigenvalue weighted by molar-refractivity contribution is -0.145. The van der Waals surface area contributed by atoms with Crippen molar-refractivity contribution < 1.29 is 24.2 Å². The van der Waals surface area contributed by atoms with Crippen molar-refractivity contribution in [1.29, 1.82) is 0 Å². The van der Waals surface area contributed by atoms with Crippen LogP contribution in [0.1, 0.15) is 33.1 Å². The summed E-state index contributed by atoms with van der Waals surface area (Å²) in [4.78, 5) is 48.6. The molecule has 3 heterocycles. The second-order valence-corrected chi connectivity index (χ2v) is 12.3. The minimum atomic E-state index is -1.21. The van der Waals surface area contributed by atoms with Crippen LogP contribution in [0.4, 0.5) is 11.4 Å². The highest BCUT2D eigenvalue weighted by Gasteiger charge is 2.80. The summed E-state index contributed by atoms with van der Waals surface area (Å²) >= 11 is 6.57. The Bertz CT molecular complexity index is 1400. The number of fused-ring (bicyclic) bond motifs is 1. The normalized spacial score (nSPS) is 28.9. The smallest absolute Gasteiger partial charge is 0.253 e. The maximum absolute atomic E-state index is 14.7. The van der Waals surface area contributed by atoms with Crippen molar-refractivity contribution in [3.63, 3.8) is 0 Å². The quantitative estimate of drug-likeness (QED) is 0.276.